The molecule has 11 heteroatoms. The Bertz CT molecular complexity index is 1890. The quantitative estimate of drug-likeness (QED) is 0.0697. The van der Waals surface area contributed by atoms with Crippen molar-refractivity contribution in [2.45, 2.75) is 63.7 Å². The molecule has 1 amide bonds. The Hall–Kier alpha value is -4.97. The molecular weight excluding hydrogens is 634 g/mol. The Morgan fingerprint density at radius 3 is 2.56 bits per heavy atom. The van der Waals surface area contributed by atoms with Crippen molar-refractivity contribution >= 4 is 22.5 Å². The first-order chi connectivity index (χ1) is 24.4. The number of carbonyl (C=O) groups excluding carboxylic acids is 1. The van der Waals surface area contributed by atoms with Gasteiger partial charge in [-0.05, 0) is 53.8 Å². The highest BCUT2D eigenvalue weighted by Gasteiger charge is 2.28. The number of carbonyl (C=O) groups is 1. The lowest BCUT2D eigenvalue weighted by Gasteiger charge is -2.29. The van der Waals surface area contributed by atoms with Crippen LogP contribution in [0.1, 0.15) is 73.2 Å². The number of benzene rings is 3. The second-order valence-corrected chi connectivity index (χ2v) is 12.9. The van der Waals surface area contributed by atoms with E-state index in [2.05, 4.69) is 38.1 Å². The number of oxazole rings is 1. The van der Waals surface area contributed by atoms with Gasteiger partial charge in [-0.1, -0.05) is 67.8 Å². The van der Waals surface area contributed by atoms with Crippen molar-refractivity contribution in [3.63, 3.8) is 0 Å². The van der Waals surface area contributed by atoms with Crippen molar-refractivity contribution in [3.8, 4) is 11.8 Å². The molecule has 11 nitrogen and oxygen atoms in total. The zero-order valence-electron chi connectivity index (χ0n) is 28.1. The number of anilines is 1. The van der Waals surface area contributed by atoms with Gasteiger partial charge in [-0.3, -0.25) is 9.59 Å². The number of hydrogen-bond donors (Lipinski definition) is 6. The summed E-state index contributed by atoms with van der Waals surface area (Å²) in [5.74, 6) is 1.06. The number of rotatable bonds is 16. The number of H-pyrrole nitrogens is 1. The number of amides is 1. The Balaban J connectivity index is 0.884. The Labute approximate surface area is 291 Å². The van der Waals surface area contributed by atoms with Crippen LogP contribution in [0.15, 0.2) is 94.3 Å². The van der Waals surface area contributed by atoms with Crippen molar-refractivity contribution in [2.75, 3.05) is 25.0 Å². The largest absolute Gasteiger partial charge is 0.506 e. The van der Waals surface area contributed by atoms with E-state index in [1.54, 1.807) is 18.3 Å². The third-order valence-electron chi connectivity index (χ3n) is 9.21. The number of fused-ring (bicyclic) bond motifs is 1. The molecule has 0 spiro atoms. The third-order valence-corrected chi connectivity index (χ3v) is 9.21. The molecule has 1 aliphatic rings. The monoisotopic (exact) mass is 679 g/mol. The number of pyridine rings is 1. The number of nitrogens with one attached hydrogen (secondary N) is 4. The predicted molar refractivity (Wildman–Crippen MR) is 192 cm³/mol. The molecular formula is C39H45N5O6. The normalized spacial score (nSPS) is 14.7. The molecule has 50 heavy (non-hydrogen) atoms. The fraction of sp³-hybridized carbons (Fsp3) is 0.359. The lowest BCUT2D eigenvalue weighted by atomic mass is 9.82. The van der Waals surface area contributed by atoms with Crippen LogP contribution < -0.4 is 26.2 Å². The number of ether oxygens (including phenoxy) is 1. The van der Waals surface area contributed by atoms with E-state index >= 15 is 0 Å². The number of aliphatic hydroxyl groups is 1. The van der Waals surface area contributed by atoms with Crippen LogP contribution in [0.25, 0.3) is 10.9 Å². The number of phenolic OH excluding ortho intramolecular Hbond substituents is 1. The minimum Gasteiger partial charge on any atom is -0.506 e. The zero-order chi connectivity index (χ0) is 34.7. The van der Waals surface area contributed by atoms with E-state index in [0.717, 1.165) is 29.7 Å². The maximum Gasteiger partial charge on any atom is 0.394 e. The van der Waals surface area contributed by atoms with Crippen LogP contribution in [0, 0.1) is 5.92 Å². The number of hydrogen-bond acceptors (Lipinski definition) is 9. The number of aromatic nitrogens is 2. The topological polar surface area (TPSA) is 162 Å². The van der Waals surface area contributed by atoms with Crippen LogP contribution in [-0.2, 0) is 17.8 Å². The zero-order valence-corrected chi connectivity index (χ0v) is 28.1. The molecule has 5 aromatic rings. The molecule has 0 radical (unpaired) electrons. The summed E-state index contributed by atoms with van der Waals surface area (Å²) >= 11 is 0. The molecule has 2 unspecified atom stereocenters. The lowest BCUT2D eigenvalue weighted by molar-refractivity contribution is -0.116. The number of phenols is 1. The Kier molecular flexibility index (Phi) is 11.9. The van der Waals surface area contributed by atoms with Gasteiger partial charge in [0.05, 0.1) is 17.8 Å². The summed E-state index contributed by atoms with van der Waals surface area (Å²) < 4.78 is 12.3. The van der Waals surface area contributed by atoms with Gasteiger partial charge in [0.15, 0.2) is 0 Å². The van der Waals surface area contributed by atoms with Crippen LogP contribution >= 0.6 is 0 Å². The predicted octanol–water partition coefficient (Wildman–Crippen LogP) is 5.91. The average molecular weight is 680 g/mol. The van der Waals surface area contributed by atoms with Crippen LogP contribution in [0.3, 0.4) is 0 Å². The molecule has 3 aromatic carbocycles. The van der Waals surface area contributed by atoms with Crippen molar-refractivity contribution in [3.05, 3.63) is 118 Å². The van der Waals surface area contributed by atoms with Gasteiger partial charge in [-0.25, -0.2) is 0 Å². The first kappa shape index (κ1) is 34.9. The van der Waals surface area contributed by atoms with E-state index in [0.29, 0.717) is 66.6 Å². The molecule has 0 bridgehead atoms. The first-order valence-corrected chi connectivity index (χ1v) is 17.4. The fourth-order valence-corrected chi connectivity index (χ4v) is 6.56. The van der Waals surface area contributed by atoms with Gasteiger partial charge in [0.2, 0.25) is 11.5 Å². The average Bonchev–Trinajstić information content (AvgIpc) is 3.59. The first-order valence-electron chi connectivity index (χ1n) is 17.4. The maximum absolute atomic E-state index is 12.5. The summed E-state index contributed by atoms with van der Waals surface area (Å²) in [6.45, 7) is 1.95. The summed E-state index contributed by atoms with van der Waals surface area (Å²) in [6, 6.07) is 23.9. The highest BCUT2D eigenvalue weighted by molar-refractivity contribution is 5.90. The van der Waals surface area contributed by atoms with Gasteiger partial charge in [0.25, 0.3) is 0 Å². The highest BCUT2D eigenvalue weighted by Crippen LogP contribution is 2.37. The van der Waals surface area contributed by atoms with Gasteiger partial charge in [0.1, 0.15) is 17.6 Å². The maximum atomic E-state index is 12.5. The van der Waals surface area contributed by atoms with E-state index in [9.17, 15) is 19.8 Å². The van der Waals surface area contributed by atoms with Crippen LogP contribution in [0.4, 0.5) is 5.69 Å². The SMILES string of the molecule is O=C(CCNCCc1cnc(OC(c2ccccc2)C2CCCCC2)o1)Nc1ccc(CNCC(O)c2ccc(O)c3[nH]c(=O)ccc23)cc1. The molecule has 0 aliphatic heterocycles. The van der Waals surface area contributed by atoms with E-state index in [1.165, 1.54) is 31.4 Å². The van der Waals surface area contributed by atoms with E-state index < -0.39 is 6.10 Å². The third kappa shape index (κ3) is 9.38. The molecule has 1 aliphatic carbocycles. The van der Waals surface area contributed by atoms with Crippen molar-refractivity contribution < 1.29 is 24.2 Å². The minimum atomic E-state index is -0.845. The summed E-state index contributed by atoms with van der Waals surface area (Å²) in [6.07, 6.45) is 8.10. The summed E-state index contributed by atoms with van der Waals surface area (Å²) in [5, 5.41) is 30.9. The van der Waals surface area contributed by atoms with Crippen molar-refractivity contribution in [2.24, 2.45) is 5.92 Å². The van der Waals surface area contributed by atoms with Gasteiger partial charge >= 0.3 is 6.08 Å². The number of aliphatic hydroxyl groups excluding tert-OH is 1. The molecule has 2 heterocycles. The smallest absolute Gasteiger partial charge is 0.394 e. The second-order valence-electron chi connectivity index (χ2n) is 12.9. The van der Waals surface area contributed by atoms with E-state index in [4.69, 9.17) is 9.15 Å². The summed E-state index contributed by atoms with van der Waals surface area (Å²) in [4.78, 5) is 31.2. The Morgan fingerprint density at radius 1 is 0.960 bits per heavy atom. The molecule has 262 valence electrons. The summed E-state index contributed by atoms with van der Waals surface area (Å²) in [7, 11) is 0. The van der Waals surface area contributed by atoms with E-state index in [-0.39, 0.29) is 29.9 Å². The molecule has 2 atom stereocenters. The number of aromatic amines is 1. The van der Waals surface area contributed by atoms with Gasteiger partial charge in [-0.2, -0.15) is 4.98 Å². The minimum absolute atomic E-state index is 0.0465. The van der Waals surface area contributed by atoms with Crippen LogP contribution in [0.5, 0.6) is 11.8 Å². The van der Waals surface area contributed by atoms with Crippen molar-refractivity contribution in [1.82, 2.24) is 20.6 Å². The summed E-state index contributed by atoms with van der Waals surface area (Å²) in [5.41, 5.74) is 3.43. The van der Waals surface area contributed by atoms with Crippen molar-refractivity contribution in [1.29, 1.82) is 0 Å². The molecule has 6 N–H and O–H groups in total. The molecule has 1 fully saturated rings. The molecule has 2 aromatic heterocycles. The van der Waals surface area contributed by atoms with Gasteiger partial charge in [0, 0.05) is 62.1 Å². The highest BCUT2D eigenvalue weighted by atomic mass is 16.6. The van der Waals surface area contributed by atoms with Crippen LogP contribution in [0.2, 0.25) is 0 Å². The van der Waals surface area contributed by atoms with E-state index in [1.807, 2.05) is 42.5 Å². The standard InChI is InChI=1S/C39H45N5O6/c45-33-17-15-31(32-16-18-35(47)44-37(32)33)34(46)25-41-23-26-11-13-29(14-12-26)43-36(48)20-22-40-21-19-30-24-42-39(49-30)50-38(27-7-3-1-4-8-27)28-9-5-2-6-10-28/h1,3-4,7-8,11-18,24,28,34,38,40-41,45-46H,2,5-6,9-10,19-23,25H2,(H,43,48)(H,44,47). The Morgan fingerprint density at radius 2 is 1.76 bits per heavy atom. The van der Waals surface area contributed by atoms with Crippen LogP contribution in [-0.4, -0.2) is 45.7 Å². The number of aromatic hydroxyl groups is 1. The van der Waals surface area contributed by atoms with Gasteiger partial charge < -0.3 is 40.3 Å². The number of nitrogens with zero attached hydrogens (tertiary/aromatic N) is 1. The molecule has 0 saturated heterocycles. The lowest BCUT2D eigenvalue weighted by Crippen LogP contribution is -2.23. The van der Waals surface area contributed by atoms with Gasteiger partial charge in [-0.15, -0.1) is 0 Å². The molecule has 1 saturated carbocycles. The second kappa shape index (κ2) is 17.1. The molecule has 6 rings (SSSR count). The fourth-order valence-electron chi connectivity index (χ4n) is 6.56.